The molecule has 1 unspecified atom stereocenters. The van der Waals surface area contributed by atoms with E-state index in [1.807, 2.05) is 28.1 Å². The second-order valence-corrected chi connectivity index (χ2v) is 12.9. The van der Waals surface area contributed by atoms with Crippen molar-refractivity contribution in [3.8, 4) is 0 Å². The molecule has 0 aromatic heterocycles. The molecule has 9 nitrogen and oxygen atoms in total. The van der Waals surface area contributed by atoms with Crippen LogP contribution in [-0.4, -0.2) is 70.0 Å². The van der Waals surface area contributed by atoms with Gasteiger partial charge in [-0.15, -0.1) is 0 Å². The van der Waals surface area contributed by atoms with Crippen molar-refractivity contribution in [2.75, 3.05) is 47.5 Å². The van der Waals surface area contributed by atoms with Gasteiger partial charge in [0, 0.05) is 12.8 Å². The van der Waals surface area contributed by atoms with Crippen LogP contribution in [0.2, 0.25) is 0 Å². The topological polar surface area (TPSA) is 111 Å². The molecule has 0 spiro atoms. The van der Waals surface area contributed by atoms with Gasteiger partial charge in [-0.1, -0.05) is 97.3 Å². The Morgan fingerprint density at radius 1 is 0.692 bits per heavy atom. The molecule has 0 saturated carbocycles. The fourth-order valence-electron chi connectivity index (χ4n) is 3.93. The molecule has 232 valence electrons. The maximum Gasteiger partial charge on any atom is 0.306 e. The van der Waals surface area contributed by atoms with E-state index in [2.05, 4.69) is 6.92 Å². The zero-order valence-corrected chi connectivity index (χ0v) is 26.5. The molecule has 39 heavy (non-hydrogen) atoms. The van der Waals surface area contributed by atoms with Gasteiger partial charge in [-0.05, 0) is 12.8 Å². The minimum atomic E-state index is -4.58. The predicted octanol–water partition coefficient (Wildman–Crippen LogP) is 6.32. The molecule has 0 aliphatic heterocycles. The highest BCUT2D eigenvalue weighted by Gasteiger charge is 2.21. The number of carbonyl (C=O) groups is 2. The lowest BCUT2D eigenvalue weighted by Gasteiger charge is -2.28. The Bertz CT molecular complexity index is 668. The summed E-state index contributed by atoms with van der Waals surface area (Å²) >= 11 is 0. The fourth-order valence-corrected chi connectivity index (χ4v) is 4.65. The van der Waals surface area contributed by atoms with Crippen LogP contribution in [0.1, 0.15) is 123 Å². The van der Waals surface area contributed by atoms with E-state index in [0.29, 0.717) is 17.4 Å². The molecule has 0 aromatic carbocycles. The van der Waals surface area contributed by atoms with E-state index in [9.17, 15) is 19.0 Å². The van der Waals surface area contributed by atoms with E-state index in [0.717, 1.165) is 19.3 Å². The number of rotatable bonds is 27. The minimum Gasteiger partial charge on any atom is -0.756 e. The summed E-state index contributed by atoms with van der Waals surface area (Å²) < 4.78 is 32.9. The van der Waals surface area contributed by atoms with Gasteiger partial charge in [-0.25, -0.2) is 0 Å². The van der Waals surface area contributed by atoms with E-state index in [1.165, 1.54) is 70.6 Å². The summed E-state index contributed by atoms with van der Waals surface area (Å²) in [5, 5.41) is 0. The van der Waals surface area contributed by atoms with Crippen LogP contribution in [0.3, 0.4) is 0 Å². The third kappa shape index (κ3) is 27.0. The quantitative estimate of drug-likeness (QED) is 0.0481. The molecule has 0 aromatic rings. The van der Waals surface area contributed by atoms with E-state index in [-0.39, 0.29) is 26.1 Å². The van der Waals surface area contributed by atoms with Crippen LogP contribution in [0, 0.1) is 0 Å². The first-order chi connectivity index (χ1) is 18.5. The Hall–Kier alpha value is -0.990. The summed E-state index contributed by atoms with van der Waals surface area (Å²) in [6, 6.07) is 0. The summed E-state index contributed by atoms with van der Waals surface area (Å²) in [6.45, 7) is 3.80. The Morgan fingerprint density at radius 3 is 1.69 bits per heavy atom. The molecule has 0 bridgehead atoms. The number of likely N-dealkylation sites (N-methyl/N-ethyl adjacent to an activating group) is 1. The van der Waals surface area contributed by atoms with Crippen LogP contribution < -0.4 is 4.89 Å². The zero-order chi connectivity index (χ0) is 29.4. The molecule has 0 amide bonds. The van der Waals surface area contributed by atoms with Crippen LogP contribution in [0.4, 0.5) is 0 Å². The van der Waals surface area contributed by atoms with Crippen molar-refractivity contribution in [1.82, 2.24) is 0 Å². The number of ether oxygens (including phenoxy) is 2. The molecule has 0 aliphatic rings. The molecule has 0 saturated heterocycles. The average molecular weight is 580 g/mol. The van der Waals surface area contributed by atoms with Crippen molar-refractivity contribution in [1.29, 1.82) is 0 Å². The van der Waals surface area contributed by atoms with E-state index in [4.69, 9.17) is 18.5 Å². The number of phosphoric ester groups is 1. The smallest absolute Gasteiger partial charge is 0.306 e. The molecule has 0 rings (SSSR count). The largest absolute Gasteiger partial charge is 0.756 e. The second-order valence-electron chi connectivity index (χ2n) is 11.5. The Kier molecular flexibility index (Phi) is 23.1. The van der Waals surface area contributed by atoms with Gasteiger partial charge >= 0.3 is 11.9 Å². The van der Waals surface area contributed by atoms with Crippen molar-refractivity contribution >= 4 is 19.8 Å². The molecule has 2 atom stereocenters. The molecule has 0 N–H and O–H groups in total. The van der Waals surface area contributed by atoms with Gasteiger partial charge < -0.3 is 27.9 Å². The van der Waals surface area contributed by atoms with Gasteiger partial charge in [-0.2, -0.15) is 0 Å². The number of phosphoric acid groups is 1. The SMILES string of the molecule is CCCCCCCCCCCCCCCCC(=O)OC[C@H](COP(=O)([O-])OCC[N+](C)(C)C)OC(=O)CCC. The highest BCUT2D eigenvalue weighted by Crippen LogP contribution is 2.38. The van der Waals surface area contributed by atoms with Crippen LogP contribution in [0.5, 0.6) is 0 Å². The standard InChI is InChI=1S/C29H58NO8P/c1-6-8-9-10-11-12-13-14-15-16-17-18-19-20-22-28(31)35-25-27(38-29(32)21-7-2)26-37-39(33,34)36-24-23-30(3,4)5/h27H,6-26H2,1-5H3/t27-/m1/s1. The van der Waals surface area contributed by atoms with Gasteiger partial charge in [-0.3, -0.25) is 14.2 Å². The third-order valence-electron chi connectivity index (χ3n) is 6.35. The average Bonchev–Trinajstić information content (AvgIpc) is 2.85. The maximum absolute atomic E-state index is 12.2. The van der Waals surface area contributed by atoms with Crippen molar-refractivity contribution in [2.45, 2.75) is 129 Å². The maximum atomic E-state index is 12.2. The van der Waals surface area contributed by atoms with Crippen LogP contribution >= 0.6 is 7.82 Å². The second kappa shape index (κ2) is 23.7. The minimum absolute atomic E-state index is 0.0290. The van der Waals surface area contributed by atoms with E-state index in [1.54, 1.807) is 0 Å². The van der Waals surface area contributed by atoms with Gasteiger partial charge in [0.2, 0.25) is 0 Å². The summed E-state index contributed by atoms with van der Waals surface area (Å²) in [7, 11) is 1.16. The predicted molar refractivity (Wildman–Crippen MR) is 153 cm³/mol. The molecule has 0 heterocycles. The highest BCUT2D eigenvalue weighted by atomic mass is 31.2. The number of unbranched alkanes of at least 4 members (excludes halogenated alkanes) is 13. The third-order valence-corrected chi connectivity index (χ3v) is 7.31. The Labute approximate surface area is 238 Å². The van der Waals surface area contributed by atoms with Crippen LogP contribution in [0.25, 0.3) is 0 Å². The van der Waals surface area contributed by atoms with Gasteiger partial charge in [0.1, 0.15) is 19.8 Å². The number of esters is 2. The summed E-state index contributed by atoms with van der Waals surface area (Å²) in [5.41, 5.74) is 0. The number of hydrogen-bond donors (Lipinski definition) is 0. The van der Waals surface area contributed by atoms with Crippen molar-refractivity contribution < 1.29 is 42.1 Å². The first-order valence-electron chi connectivity index (χ1n) is 15.2. The lowest BCUT2D eigenvalue weighted by molar-refractivity contribution is -0.870. The number of carbonyl (C=O) groups excluding carboxylic acids is 2. The first kappa shape index (κ1) is 38.0. The fraction of sp³-hybridized carbons (Fsp3) is 0.931. The number of hydrogen-bond acceptors (Lipinski definition) is 8. The lowest BCUT2D eigenvalue weighted by Crippen LogP contribution is -2.37. The summed E-state index contributed by atoms with van der Waals surface area (Å²) in [5.74, 6) is -0.893. The number of quaternary nitrogens is 1. The van der Waals surface area contributed by atoms with Crippen molar-refractivity contribution in [2.24, 2.45) is 0 Å². The molecule has 0 fully saturated rings. The van der Waals surface area contributed by atoms with Gasteiger partial charge in [0.15, 0.2) is 6.10 Å². The molecule has 10 heteroatoms. The summed E-state index contributed by atoms with van der Waals surface area (Å²) in [4.78, 5) is 36.2. The Balaban J connectivity index is 4.09. The van der Waals surface area contributed by atoms with Crippen molar-refractivity contribution in [3.05, 3.63) is 0 Å². The molecule has 0 radical (unpaired) electrons. The molecular weight excluding hydrogens is 521 g/mol. The molecular formula is C29H58NO8P. The highest BCUT2D eigenvalue weighted by molar-refractivity contribution is 7.45. The number of nitrogens with zero attached hydrogens (tertiary/aromatic N) is 1. The first-order valence-corrected chi connectivity index (χ1v) is 16.7. The monoisotopic (exact) mass is 579 g/mol. The zero-order valence-electron chi connectivity index (χ0n) is 25.6. The van der Waals surface area contributed by atoms with Crippen LogP contribution in [-0.2, 0) is 32.7 Å². The van der Waals surface area contributed by atoms with E-state index < -0.39 is 32.5 Å². The van der Waals surface area contributed by atoms with Crippen LogP contribution in [0.15, 0.2) is 0 Å². The van der Waals surface area contributed by atoms with Gasteiger partial charge in [0.25, 0.3) is 7.82 Å². The Morgan fingerprint density at radius 2 is 1.21 bits per heavy atom. The lowest BCUT2D eigenvalue weighted by atomic mass is 10.0. The normalized spacial score (nSPS) is 14.1. The van der Waals surface area contributed by atoms with Gasteiger partial charge in [0.05, 0.1) is 27.7 Å². The molecule has 0 aliphatic carbocycles. The van der Waals surface area contributed by atoms with Crippen molar-refractivity contribution in [3.63, 3.8) is 0 Å². The summed E-state index contributed by atoms with van der Waals surface area (Å²) in [6.07, 6.45) is 17.4. The van der Waals surface area contributed by atoms with E-state index >= 15 is 0 Å².